The average molecular weight is 369 g/mol. The topological polar surface area (TPSA) is 49.7 Å². The number of hydrogen-bond donors (Lipinski definition) is 2. The zero-order chi connectivity index (χ0) is 19.6. The van der Waals surface area contributed by atoms with Gasteiger partial charge in [0.2, 0.25) is 0 Å². The molecule has 0 aliphatic rings. The van der Waals surface area contributed by atoms with E-state index >= 15 is 0 Å². The fraction of sp³-hybridized carbons (Fsp3) is 0.417. The van der Waals surface area contributed by atoms with Crippen molar-refractivity contribution in [3.8, 4) is 5.75 Å². The fourth-order valence-corrected chi connectivity index (χ4v) is 3.08. The molecule has 2 rings (SSSR count). The van der Waals surface area contributed by atoms with Gasteiger partial charge in [-0.3, -0.25) is 0 Å². The Bertz CT molecular complexity index is 747. The second-order valence-electron chi connectivity index (χ2n) is 7.29. The van der Waals surface area contributed by atoms with Crippen LogP contribution in [-0.2, 0) is 19.8 Å². The van der Waals surface area contributed by atoms with Crippen molar-refractivity contribution in [2.24, 2.45) is 5.92 Å². The number of rotatable bonds is 10. The summed E-state index contributed by atoms with van der Waals surface area (Å²) in [5, 5.41) is 18.7. The number of benzene rings is 2. The summed E-state index contributed by atoms with van der Waals surface area (Å²) in [6, 6.07) is 13.9. The smallest absolute Gasteiger partial charge is 0.120 e. The van der Waals surface area contributed by atoms with E-state index in [-0.39, 0.29) is 13.2 Å². The van der Waals surface area contributed by atoms with Crippen molar-refractivity contribution in [2.45, 2.75) is 59.9 Å². The van der Waals surface area contributed by atoms with Crippen molar-refractivity contribution >= 4 is 5.57 Å². The van der Waals surface area contributed by atoms with Crippen molar-refractivity contribution < 1.29 is 14.9 Å². The third-order valence-corrected chi connectivity index (χ3v) is 4.74. The molecule has 0 aliphatic heterocycles. The quantitative estimate of drug-likeness (QED) is 0.584. The maximum Gasteiger partial charge on any atom is 0.120 e. The van der Waals surface area contributed by atoms with Crippen molar-refractivity contribution in [3.05, 3.63) is 70.8 Å². The van der Waals surface area contributed by atoms with Crippen LogP contribution in [0, 0.1) is 5.92 Å². The normalized spacial score (nSPS) is 11.9. The van der Waals surface area contributed by atoms with Crippen LogP contribution in [0.3, 0.4) is 0 Å². The molecule has 0 atom stereocenters. The van der Waals surface area contributed by atoms with Gasteiger partial charge in [-0.15, -0.1) is 0 Å². The van der Waals surface area contributed by atoms with Crippen molar-refractivity contribution in [3.63, 3.8) is 0 Å². The molecule has 0 amide bonds. The molecule has 0 saturated carbocycles. The summed E-state index contributed by atoms with van der Waals surface area (Å²) in [6.07, 6.45) is 5.66. The Morgan fingerprint density at radius 1 is 1.04 bits per heavy atom. The van der Waals surface area contributed by atoms with Crippen LogP contribution in [0.15, 0.2) is 48.5 Å². The van der Waals surface area contributed by atoms with E-state index in [2.05, 4.69) is 39.0 Å². The molecule has 0 unspecified atom stereocenters. The van der Waals surface area contributed by atoms with Gasteiger partial charge in [-0.05, 0) is 71.2 Å². The maximum absolute atomic E-state index is 9.43. The van der Waals surface area contributed by atoms with Crippen LogP contribution in [0.4, 0.5) is 0 Å². The SMILES string of the molecule is CC/C(=C/CCC(C)C)c1cccc(OCc2ccc(CO)c(CO)c2)c1. The highest BCUT2D eigenvalue weighted by Crippen LogP contribution is 2.25. The molecule has 3 nitrogen and oxygen atoms in total. The Morgan fingerprint density at radius 3 is 2.48 bits per heavy atom. The average Bonchev–Trinajstić information content (AvgIpc) is 2.69. The van der Waals surface area contributed by atoms with Gasteiger partial charge in [0.1, 0.15) is 12.4 Å². The first-order valence-electron chi connectivity index (χ1n) is 9.82. The summed E-state index contributed by atoms with van der Waals surface area (Å²) in [5.41, 5.74) is 5.04. The summed E-state index contributed by atoms with van der Waals surface area (Å²) in [7, 11) is 0. The summed E-state index contributed by atoms with van der Waals surface area (Å²) < 4.78 is 5.97. The van der Waals surface area contributed by atoms with Gasteiger partial charge in [0, 0.05) is 0 Å². The molecule has 2 aromatic rings. The Hall–Kier alpha value is -2.10. The zero-order valence-corrected chi connectivity index (χ0v) is 16.7. The van der Waals surface area contributed by atoms with Gasteiger partial charge in [-0.2, -0.15) is 0 Å². The van der Waals surface area contributed by atoms with E-state index in [9.17, 15) is 10.2 Å². The van der Waals surface area contributed by atoms with E-state index in [4.69, 9.17) is 4.74 Å². The lowest BCUT2D eigenvalue weighted by molar-refractivity contribution is 0.259. The third-order valence-electron chi connectivity index (χ3n) is 4.74. The van der Waals surface area contributed by atoms with Gasteiger partial charge in [0.25, 0.3) is 0 Å². The lowest BCUT2D eigenvalue weighted by atomic mass is 9.99. The molecule has 0 aliphatic carbocycles. The predicted octanol–water partition coefficient (Wildman–Crippen LogP) is 5.48. The van der Waals surface area contributed by atoms with E-state index in [1.165, 1.54) is 17.6 Å². The van der Waals surface area contributed by atoms with Gasteiger partial charge in [-0.1, -0.05) is 51.1 Å². The largest absolute Gasteiger partial charge is 0.489 e. The predicted molar refractivity (Wildman–Crippen MR) is 111 cm³/mol. The second-order valence-corrected chi connectivity index (χ2v) is 7.29. The van der Waals surface area contributed by atoms with E-state index in [0.717, 1.165) is 41.2 Å². The van der Waals surface area contributed by atoms with Gasteiger partial charge >= 0.3 is 0 Å². The van der Waals surface area contributed by atoms with Gasteiger partial charge in [0.05, 0.1) is 13.2 Å². The lowest BCUT2D eigenvalue weighted by Gasteiger charge is -2.12. The molecule has 27 heavy (non-hydrogen) atoms. The van der Waals surface area contributed by atoms with E-state index in [1.54, 1.807) is 0 Å². The van der Waals surface area contributed by atoms with Crippen LogP contribution in [0.5, 0.6) is 5.75 Å². The molecule has 0 saturated heterocycles. The second kappa shape index (κ2) is 10.9. The number of aliphatic hydroxyl groups is 2. The molecule has 2 N–H and O–H groups in total. The summed E-state index contributed by atoms with van der Waals surface area (Å²) in [5.74, 6) is 1.56. The summed E-state index contributed by atoms with van der Waals surface area (Å²) in [6.45, 7) is 6.98. The molecule has 3 heteroatoms. The minimum atomic E-state index is -0.0831. The Kier molecular flexibility index (Phi) is 8.56. The van der Waals surface area contributed by atoms with E-state index in [0.29, 0.717) is 6.61 Å². The number of allylic oxidation sites excluding steroid dienone is 2. The zero-order valence-electron chi connectivity index (χ0n) is 16.7. The van der Waals surface area contributed by atoms with Crippen LogP contribution in [0.2, 0.25) is 0 Å². The molecule has 0 aromatic heterocycles. The molecule has 0 radical (unpaired) electrons. The van der Waals surface area contributed by atoms with Crippen LogP contribution >= 0.6 is 0 Å². The number of hydrogen-bond acceptors (Lipinski definition) is 3. The number of aliphatic hydroxyl groups excluding tert-OH is 2. The van der Waals surface area contributed by atoms with Gasteiger partial charge in [0.15, 0.2) is 0 Å². The minimum Gasteiger partial charge on any atom is -0.489 e. The molecule has 0 bridgehead atoms. The Labute approximate surface area is 163 Å². The summed E-state index contributed by atoms with van der Waals surface area (Å²) in [4.78, 5) is 0. The fourth-order valence-electron chi connectivity index (χ4n) is 3.08. The highest BCUT2D eigenvalue weighted by Gasteiger charge is 2.05. The molecule has 0 fully saturated rings. The lowest BCUT2D eigenvalue weighted by Crippen LogP contribution is -2.00. The van der Waals surface area contributed by atoms with Crippen molar-refractivity contribution in [1.82, 2.24) is 0 Å². The van der Waals surface area contributed by atoms with Crippen LogP contribution in [-0.4, -0.2) is 10.2 Å². The Morgan fingerprint density at radius 2 is 1.81 bits per heavy atom. The highest BCUT2D eigenvalue weighted by molar-refractivity contribution is 5.66. The molecule has 2 aromatic carbocycles. The maximum atomic E-state index is 9.43. The molecular weight excluding hydrogens is 336 g/mol. The summed E-state index contributed by atoms with van der Waals surface area (Å²) >= 11 is 0. The number of ether oxygens (including phenoxy) is 1. The third kappa shape index (κ3) is 6.53. The van der Waals surface area contributed by atoms with Crippen LogP contribution in [0.1, 0.15) is 62.3 Å². The molecule has 146 valence electrons. The standard InChI is InChI=1S/C24H32O3/c1-4-20(8-5-7-18(2)3)21-9-6-10-24(14-21)27-17-19-11-12-22(15-25)23(13-19)16-26/h6,8-14,18,25-26H,4-5,7,15-17H2,1-3H3/b20-8-. The van der Waals surface area contributed by atoms with Crippen LogP contribution in [0.25, 0.3) is 5.57 Å². The van der Waals surface area contributed by atoms with Crippen molar-refractivity contribution in [2.75, 3.05) is 0 Å². The van der Waals surface area contributed by atoms with E-state index < -0.39 is 0 Å². The van der Waals surface area contributed by atoms with Gasteiger partial charge in [-0.25, -0.2) is 0 Å². The first-order chi connectivity index (χ1) is 13.1. The first kappa shape index (κ1) is 21.2. The minimum absolute atomic E-state index is 0.0674. The monoisotopic (exact) mass is 368 g/mol. The Balaban J connectivity index is 2.07. The van der Waals surface area contributed by atoms with E-state index in [1.807, 2.05) is 30.3 Å². The van der Waals surface area contributed by atoms with Gasteiger partial charge < -0.3 is 14.9 Å². The molecular formula is C24H32O3. The van der Waals surface area contributed by atoms with Crippen LogP contribution < -0.4 is 4.74 Å². The molecule has 0 heterocycles. The highest BCUT2D eigenvalue weighted by atomic mass is 16.5. The van der Waals surface area contributed by atoms with Crippen molar-refractivity contribution in [1.29, 1.82) is 0 Å². The first-order valence-corrected chi connectivity index (χ1v) is 9.82. The molecule has 0 spiro atoms.